The highest BCUT2D eigenvalue weighted by atomic mass is 16.5. The molecule has 0 aliphatic carbocycles. The third-order valence-electron chi connectivity index (χ3n) is 6.01. The lowest BCUT2D eigenvalue weighted by atomic mass is 10.1. The molecule has 0 saturated carbocycles. The van der Waals surface area contributed by atoms with Gasteiger partial charge in [-0.3, -0.25) is 9.89 Å². The summed E-state index contributed by atoms with van der Waals surface area (Å²) in [6.07, 6.45) is 1.76. The number of hydrogen-bond acceptors (Lipinski definition) is 8. The van der Waals surface area contributed by atoms with Gasteiger partial charge in [-0.2, -0.15) is 10.1 Å². The number of carbonyl (C=O) groups is 1. The number of nitrogens with zero attached hydrogens (tertiary/aromatic N) is 6. The maximum atomic E-state index is 13.0. The molecule has 0 atom stereocenters. The van der Waals surface area contributed by atoms with Crippen LogP contribution in [0.2, 0.25) is 0 Å². The van der Waals surface area contributed by atoms with Crippen LogP contribution in [0.4, 0.5) is 5.82 Å². The van der Waals surface area contributed by atoms with Gasteiger partial charge in [-0.1, -0.05) is 31.1 Å². The zero-order valence-electron chi connectivity index (χ0n) is 19.9. The average Bonchev–Trinajstić information content (AvgIpc) is 3.59. The molecule has 0 radical (unpaired) electrons. The van der Waals surface area contributed by atoms with E-state index in [-0.39, 0.29) is 11.8 Å². The molecule has 180 valence electrons. The molecule has 0 spiro atoms. The molecular weight excluding hydrogens is 446 g/mol. The van der Waals surface area contributed by atoms with Crippen molar-refractivity contribution >= 4 is 11.7 Å². The van der Waals surface area contributed by atoms with E-state index in [2.05, 4.69) is 30.2 Å². The first-order valence-electron chi connectivity index (χ1n) is 11.6. The number of ether oxygens (including phenoxy) is 1. The maximum Gasteiger partial charge on any atom is 0.272 e. The van der Waals surface area contributed by atoms with Crippen LogP contribution in [-0.2, 0) is 0 Å². The van der Waals surface area contributed by atoms with Crippen LogP contribution in [0, 0.1) is 0 Å². The van der Waals surface area contributed by atoms with Gasteiger partial charge in [0.1, 0.15) is 17.3 Å². The Balaban J connectivity index is 1.20. The van der Waals surface area contributed by atoms with E-state index in [0.717, 1.165) is 22.7 Å². The lowest BCUT2D eigenvalue weighted by Crippen LogP contribution is -2.49. The van der Waals surface area contributed by atoms with Gasteiger partial charge in [0.2, 0.25) is 11.7 Å². The van der Waals surface area contributed by atoms with Gasteiger partial charge in [0.25, 0.3) is 5.91 Å². The quantitative estimate of drug-likeness (QED) is 0.452. The number of anilines is 1. The highest BCUT2D eigenvalue weighted by molar-refractivity contribution is 5.93. The fourth-order valence-corrected chi connectivity index (χ4v) is 3.96. The van der Waals surface area contributed by atoms with Crippen molar-refractivity contribution in [1.29, 1.82) is 0 Å². The summed E-state index contributed by atoms with van der Waals surface area (Å²) in [7, 11) is 1.62. The molecule has 4 heterocycles. The second-order valence-electron chi connectivity index (χ2n) is 8.69. The van der Waals surface area contributed by atoms with Crippen molar-refractivity contribution in [2.24, 2.45) is 0 Å². The predicted molar refractivity (Wildman–Crippen MR) is 130 cm³/mol. The molecule has 10 nitrogen and oxygen atoms in total. The van der Waals surface area contributed by atoms with Crippen LogP contribution in [0.3, 0.4) is 0 Å². The predicted octanol–water partition coefficient (Wildman–Crippen LogP) is 3.62. The van der Waals surface area contributed by atoms with Gasteiger partial charge in [0, 0.05) is 49.4 Å². The number of methoxy groups -OCH3 is 1. The molecule has 5 rings (SSSR count). The van der Waals surface area contributed by atoms with Crippen LogP contribution in [-0.4, -0.2) is 69.4 Å². The zero-order chi connectivity index (χ0) is 24.4. The van der Waals surface area contributed by atoms with Gasteiger partial charge in [0.05, 0.1) is 12.8 Å². The minimum absolute atomic E-state index is 0.0623. The van der Waals surface area contributed by atoms with Gasteiger partial charge >= 0.3 is 0 Å². The molecule has 1 fully saturated rings. The third-order valence-corrected chi connectivity index (χ3v) is 6.01. The molecule has 1 N–H and O–H groups in total. The molecule has 10 heteroatoms. The minimum Gasteiger partial charge on any atom is -0.497 e. The number of benzene rings is 1. The first-order chi connectivity index (χ1) is 17.0. The molecule has 1 aromatic carbocycles. The van der Waals surface area contributed by atoms with E-state index in [0.29, 0.717) is 49.3 Å². The smallest absolute Gasteiger partial charge is 0.272 e. The largest absolute Gasteiger partial charge is 0.497 e. The van der Waals surface area contributed by atoms with Crippen LogP contribution in [0.25, 0.3) is 22.6 Å². The van der Waals surface area contributed by atoms with E-state index in [9.17, 15) is 4.79 Å². The minimum atomic E-state index is -0.0623. The molecule has 4 aromatic rings. The number of amides is 1. The third kappa shape index (κ3) is 4.72. The number of hydrogen-bond donors (Lipinski definition) is 1. The van der Waals surface area contributed by atoms with Gasteiger partial charge in [-0.15, -0.1) is 0 Å². The van der Waals surface area contributed by atoms with Crippen LogP contribution in [0.5, 0.6) is 5.75 Å². The van der Waals surface area contributed by atoms with Crippen LogP contribution >= 0.6 is 0 Å². The molecule has 0 bridgehead atoms. The molecule has 1 saturated heterocycles. The molecule has 1 amide bonds. The SMILES string of the molecule is COc1cccc(-c2cc(C(=O)N3CCN(c4ccc(-c5noc(C(C)C)n5)cn4)CC3)[nH]n2)c1. The van der Waals surface area contributed by atoms with E-state index in [1.807, 2.05) is 55.1 Å². The molecule has 1 aliphatic heterocycles. The molecule has 35 heavy (non-hydrogen) atoms. The summed E-state index contributed by atoms with van der Waals surface area (Å²) < 4.78 is 10.6. The standard InChI is InChI=1S/C25H27N7O3/c1-16(2)24-27-23(30-35-24)18-7-8-22(26-15-18)31-9-11-32(12-10-31)25(33)21-14-20(28-29-21)17-5-4-6-19(13-17)34-3/h4-8,13-16H,9-12H2,1-3H3,(H,28,29). The first-order valence-corrected chi connectivity index (χ1v) is 11.6. The summed E-state index contributed by atoms with van der Waals surface area (Å²) in [5.74, 6) is 2.86. The molecule has 1 aliphatic rings. The van der Waals surface area contributed by atoms with E-state index < -0.39 is 0 Å². The summed E-state index contributed by atoms with van der Waals surface area (Å²) >= 11 is 0. The second kappa shape index (κ2) is 9.57. The Morgan fingerprint density at radius 3 is 2.60 bits per heavy atom. The fourth-order valence-electron chi connectivity index (χ4n) is 3.96. The van der Waals surface area contributed by atoms with Crippen molar-refractivity contribution in [3.63, 3.8) is 0 Å². The lowest BCUT2D eigenvalue weighted by Gasteiger charge is -2.35. The van der Waals surface area contributed by atoms with E-state index in [1.165, 1.54) is 0 Å². The Hall–Kier alpha value is -4.21. The Bertz CT molecular complexity index is 1300. The number of rotatable bonds is 6. The van der Waals surface area contributed by atoms with Gasteiger partial charge < -0.3 is 19.1 Å². The number of carbonyl (C=O) groups excluding carboxylic acids is 1. The van der Waals surface area contributed by atoms with E-state index >= 15 is 0 Å². The number of nitrogens with one attached hydrogen (secondary N) is 1. The van der Waals surface area contributed by atoms with Crippen LogP contribution in [0.1, 0.15) is 36.1 Å². The summed E-state index contributed by atoms with van der Waals surface area (Å²) in [5, 5.41) is 11.2. The van der Waals surface area contributed by atoms with Crippen molar-refractivity contribution in [2.45, 2.75) is 19.8 Å². The number of aromatic nitrogens is 5. The zero-order valence-corrected chi connectivity index (χ0v) is 19.9. The topological polar surface area (TPSA) is 113 Å². The maximum absolute atomic E-state index is 13.0. The van der Waals surface area contributed by atoms with Crippen LogP contribution < -0.4 is 9.64 Å². The Kier molecular flexibility index (Phi) is 6.17. The summed E-state index contributed by atoms with van der Waals surface area (Å²) in [5.41, 5.74) is 2.88. The van der Waals surface area contributed by atoms with Crippen molar-refractivity contribution in [1.82, 2.24) is 30.2 Å². The van der Waals surface area contributed by atoms with Crippen LogP contribution in [0.15, 0.2) is 53.2 Å². The summed E-state index contributed by atoms with van der Waals surface area (Å²) in [4.78, 5) is 26.0. The van der Waals surface area contributed by atoms with Crippen molar-refractivity contribution in [3.05, 3.63) is 60.2 Å². The fraction of sp³-hybridized carbons (Fsp3) is 0.320. The van der Waals surface area contributed by atoms with E-state index in [4.69, 9.17) is 9.26 Å². The summed E-state index contributed by atoms with van der Waals surface area (Å²) in [6, 6.07) is 13.3. The van der Waals surface area contributed by atoms with Gasteiger partial charge in [-0.05, 0) is 30.3 Å². The first kappa shape index (κ1) is 22.6. The lowest BCUT2D eigenvalue weighted by molar-refractivity contribution is 0.0740. The number of piperazine rings is 1. The average molecular weight is 474 g/mol. The van der Waals surface area contributed by atoms with E-state index in [1.54, 1.807) is 19.4 Å². The monoisotopic (exact) mass is 473 g/mol. The number of aromatic amines is 1. The summed E-state index contributed by atoms with van der Waals surface area (Å²) in [6.45, 7) is 6.59. The van der Waals surface area contributed by atoms with Crippen molar-refractivity contribution < 1.29 is 14.1 Å². The van der Waals surface area contributed by atoms with Crippen molar-refractivity contribution in [3.8, 4) is 28.4 Å². The Labute approximate surface area is 202 Å². The normalized spacial score (nSPS) is 13.9. The second-order valence-corrected chi connectivity index (χ2v) is 8.69. The Morgan fingerprint density at radius 2 is 1.91 bits per heavy atom. The molecule has 3 aromatic heterocycles. The number of pyridine rings is 1. The van der Waals surface area contributed by atoms with Crippen molar-refractivity contribution in [2.75, 3.05) is 38.2 Å². The Morgan fingerprint density at radius 1 is 1.09 bits per heavy atom. The highest BCUT2D eigenvalue weighted by Crippen LogP contribution is 2.24. The van der Waals surface area contributed by atoms with Gasteiger partial charge in [-0.25, -0.2) is 4.98 Å². The number of H-pyrrole nitrogens is 1. The highest BCUT2D eigenvalue weighted by Gasteiger charge is 2.24. The van der Waals surface area contributed by atoms with Gasteiger partial charge in [0.15, 0.2) is 0 Å². The molecule has 0 unspecified atom stereocenters. The molecular formula is C25H27N7O3.